The minimum atomic E-state index is -0.493. The minimum absolute atomic E-state index is 0.270. The van der Waals surface area contributed by atoms with E-state index in [4.69, 9.17) is 4.74 Å². The summed E-state index contributed by atoms with van der Waals surface area (Å²) < 4.78 is 5.65. The first-order valence-corrected chi connectivity index (χ1v) is 9.68. The molecule has 0 spiro atoms. The maximum absolute atomic E-state index is 10.2. The topological polar surface area (TPSA) is 41.5 Å². The summed E-state index contributed by atoms with van der Waals surface area (Å²) in [4.78, 5) is 1.48. The zero-order chi connectivity index (χ0) is 16.8. The lowest BCUT2D eigenvalue weighted by Gasteiger charge is -2.29. The van der Waals surface area contributed by atoms with Crippen molar-refractivity contribution >= 4 is 11.3 Å². The standard InChI is InChI=1S/C20H27NO2S/c1-16-6-8-18(9-7-16)23-14-17(22)13-21-15-20(10-2-3-11-20)19-5-4-12-24-19/h4-9,12,17,21-22H,2-3,10-11,13-15H2,1H3. The Hall–Kier alpha value is -1.36. The highest BCUT2D eigenvalue weighted by Gasteiger charge is 2.36. The Balaban J connectivity index is 1.44. The summed E-state index contributed by atoms with van der Waals surface area (Å²) in [6, 6.07) is 12.3. The number of hydrogen-bond donors (Lipinski definition) is 2. The van der Waals surface area contributed by atoms with E-state index in [1.165, 1.54) is 36.1 Å². The molecule has 4 heteroatoms. The van der Waals surface area contributed by atoms with Crippen LogP contribution < -0.4 is 10.1 Å². The van der Waals surface area contributed by atoms with Gasteiger partial charge in [0.2, 0.25) is 0 Å². The molecule has 3 rings (SSSR count). The van der Waals surface area contributed by atoms with Crippen molar-refractivity contribution in [1.29, 1.82) is 0 Å². The fraction of sp³-hybridized carbons (Fsp3) is 0.500. The number of aliphatic hydroxyl groups is 1. The van der Waals surface area contributed by atoms with Crippen molar-refractivity contribution in [3.8, 4) is 5.75 Å². The van der Waals surface area contributed by atoms with Crippen LogP contribution in [0, 0.1) is 6.92 Å². The van der Waals surface area contributed by atoms with Gasteiger partial charge in [0.15, 0.2) is 0 Å². The van der Waals surface area contributed by atoms with Gasteiger partial charge < -0.3 is 15.2 Å². The predicted molar refractivity (Wildman–Crippen MR) is 100 cm³/mol. The van der Waals surface area contributed by atoms with E-state index in [-0.39, 0.29) is 5.41 Å². The van der Waals surface area contributed by atoms with Crippen LogP contribution in [0.5, 0.6) is 5.75 Å². The van der Waals surface area contributed by atoms with Gasteiger partial charge in [-0.2, -0.15) is 0 Å². The average Bonchev–Trinajstić information content (AvgIpc) is 3.26. The molecule has 2 N–H and O–H groups in total. The van der Waals surface area contributed by atoms with Crippen molar-refractivity contribution in [1.82, 2.24) is 5.32 Å². The SMILES string of the molecule is Cc1ccc(OCC(O)CNCC2(c3cccs3)CCCC2)cc1. The molecule has 2 aromatic rings. The summed E-state index contributed by atoms with van der Waals surface area (Å²) in [7, 11) is 0. The number of hydrogen-bond acceptors (Lipinski definition) is 4. The molecule has 1 aliphatic carbocycles. The summed E-state index contributed by atoms with van der Waals surface area (Å²) in [5.41, 5.74) is 1.48. The Bertz CT molecular complexity index is 603. The second-order valence-corrected chi connectivity index (χ2v) is 7.82. The summed E-state index contributed by atoms with van der Waals surface area (Å²) >= 11 is 1.86. The molecule has 0 radical (unpaired) electrons. The van der Waals surface area contributed by atoms with Gasteiger partial charge in [0.25, 0.3) is 0 Å². The number of ether oxygens (including phenoxy) is 1. The van der Waals surface area contributed by atoms with Crippen LogP contribution in [-0.2, 0) is 5.41 Å². The third-order valence-corrected chi connectivity index (χ3v) is 6.03. The maximum Gasteiger partial charge on any atom is 0.119 e. The van der Waals surface area contributed by atoms with E-state index in [0.717, 1.165) is 12.3 Å². The molecule has 1 aromatic heterocycles. The molecule has 0 bridgehead atoms. The summed E-state index contributed by atoms with van der Waals surface area (Å²) in [5, 5.41) is 15.8. The lowest BCUT2D eigenvalue weighted by Crippen LogP contribution is -2.40. The van der Waals surface area contributed by atoms with E-state index >= 15 is 0 Å². The quantitative estimate of drug-likeness (QED) is 0.762. The van der Waals surface area contributed by atoms with Crippen LogP contribution in [0.3, 0.4) is 0 Å². The van der Waals surface area contributed by atoms with Crippen molar-refractivity contribution in [3.05, 3.63) is 52.2 Å². The fourth-order valence-corrected chi connectivity index (χ4v) is 4.49. The van der Waals surface area contributed by atoms with Gasteiger partial charge in [-0.05, 0) is 43.3 Å². The van der Waals surface area contributed by atoms with Crippen LogP contribution in [0.4, 0.5) is 0 Å². The summed E-state index contributed by atoms with van der Waals surface area (Å²) in [6.07, 6.45) is 4.61. The number of nitrogens with one attached hydrogen (secondary N) is 1. The molecule has 1 aromatic carbocycles. The molecule has 24 heavy (non-hydrogen) atoms. The molecular weight excluding hydrogens is 318 g/mol. The molecule has 1 unspecified atom stereocenters. The first-order chi connectivity index (χ1) is 11.7. The van der Waals surface area contributed by atoms with Gasteiger partial charge in [0.05, 0.1) is 0 Å². The molecule has 130 valence electrons. The van der Waals surface area contributed by atoms with E-state index < -0.39 is 6.10 Å². The minimum Gasteiger partial charge on any atom is -0.491 e. The van der Waals surface area contributed by atoms with Gasteiger partial charge in [0, 0.05) is 23.4 Å². The van der Waals surface area contributed by atoms with Gasteiger partial charge in [-0.25, -0.2) is 0 Å². The van der Waals surface area contributed by atoms with Crippen LogP contribution in [0.25, 0.3) is 0 Å². The molecule has 0 aliphatic heterocycles. The lowest BCUT2D eigenvalue weighted by molar-refractivity contribution is 0.105. The second-order valence-electron chi connectivity index (χ2n) is 6.87. The van der Waals surface area contributed by atoms with Crippen molar-refractivity contribution in [3.63, 3.8) is 0 Å². The third-order valence-electron chi connectivity index (χ3n) is 4.91. The Labute approximate surface area is 148 Å². The van der Waals surface area contributed by atoms with Crippen LogP contribution >= 0.6 is 11.3 Å². The summed E-state index contributed by atoms with van der Waals surface area (Å²) in [6.45, 7) is 3.88. The molecule has 1 heterocycles. The average molecular weight is 346 g/mol. The Morgan fingerprint density at radius 2 is 1.96 bits per heavy atom. The van der Waals surface area contributed by atoms with Gasteiger partial charge in [-0.15, -0.1) is 11.3 Å². The molecule has 0 amide bonds. The first-order valence-electron chi connectivity index (χ1n) is 8.80. The highest BCUT2D eigenvalue weighted by Crippen LogP contribution is 2.42. The number of thiophene rings is 1. The Morgan fingerprint density at radius 3 is 2.62 bits per heavy atom. The largest absolute Gasteiger partial charge is 0.491 e. The van der Waals surface area contributed by atoms with Gasteiger partial charge in [0.1, 0.15) is 18.5 Å². The van der Waals surface area contributed by atoms with Crippen LogP contribution in [0.1, 0.15) is 36.1 Å². The van der Waals surface area contributed by atoms with Crippen LogP contribution in [0.15, 0.2) is 41.8 Å². The van der Waals surface area contributed by atoms with Gasteiger partial charge in [-0.1, -0.05) is 36.6 Å². The normalized spacial score (nSPS) is 17.8. The molecule has 1 aliphatic rings. The Kier molecular flexibility index (Phi) is 5.93. The monoisotopic (exact) mass is 345 g/mol. The van der Waals surface area contributed by atoms with Gasteiger partial charge >= 0.3 is 0 Å². The van der Waals surface area contributed by atoms with E-state index in [1.807, 2.05) is 35.6 Å². The van der Waals surface area contributed by atoms with E-state index in [1.54, 1.807) is 0 Å². The van der Waals surface area contributed by atoms with Gasteiger partial charge in [-0.3, -0.25) is 0 Å². The molecular formula is C20H27NO2S. The van der Waals surface area contributed by atoms with Crippen LogP contribution in [-0.4, -0.2) is 30.9 Å². The predicted octanol–water partition coefficient (Wildman–Crippen LogP) is 3.90. The van der Waals surface area contributed by atoms with E-state index in [0.29, 0.717) is 13.2 Å². The molecule has 1 fully saturated rings. The first kappa shape index (κ1) is 17.5. The van der Waals surface area contributed by atoms with E-state index in [2.05, 4.69) is 29.8 Å². The smallest absolute Gasteiger partial charge is 0.119 e. The molecule has 3 nitrogen and oxygen atoms in total. The third kappa shape index (κ3) is 4.38. The lowest BCUT2D eigenvalue weighted by atomic mass is 9.84. The second kappa shape index (κ2) is 8.15. The van der Waals surface area contributed by atoms with Crippen LogP contribution in [0.2, 0.25) is 0 Å². The highest BCUT2D eigenvalue weighted by molar-refractivity contribution is 7.10. The number of rotatable bonds is 8. The maximum atomic E-state index is 10.2. The van der Waals surface area contributed by atoms with Crippen molar-refractivity contribution in [2.75, 3.05) is 19.7 Å². The zero-order valence-corrected chi connectivity index (χ0v) is 15.1. The molecule has 1 atom stereocenters. The Morgan fingerprint density at radius 1 is 1.21 bits per heavy atom. The zero-order valence-electron chi connectivity index (χ0n) is 14.3. The van der Waals surface area contributed by atoms with E-state index in [9.17, 15) is 5.11 Å². The van der Waals surface area contributed by atoms with Crippen molar-refractivity contribution in [2.45, 2.75) is 44.1 Å². The molecule has 1 saturated carbocycles. The number of benzene rings is 1. The number of aliphatic hydroxyl groups excluding tert-OH is 1. The van der Waals surface area contributed by atoms with Crippen molar-refractivity contribution in [2.24, 2.45) is 0 Å². The fourth-order valence-electron chi connectivity index (χ4n) is 3.51. The molecule has 0 saturated heterocycles. The summed E-state index contributed by atoms with van der Waals surface area (Å²) in [5.74, 6) is 0.811. The van der Waals surface area contributed by atoms with Crippen molar-refractivity contribution < 1.29 is 9.84 Å². The highest BCUT2D eigenvalue weighted by atomic mass is 32.1. The number of aryl methyl sites for hydroxylation is 1.